The van der Waals surface area contributed by atoms with E-state index in [2.05, 4.69) is 10.3 Å². The first-order chi connectivity index (χ1) is 4.88. The number of nitrogens with zero attached hydrogens (tertiary/aromatic N) is 1. The maximum absolute atomic E-state index is 4.08. The summed E-state index contributed by atoms with van der Waals surface area (Å²) in [4.78, 5) is 4.08. The van der Waals surface area contributed by atoms with Gasteiger partial charge in [-0.25, -0.2) is 0 Å². The summed E-state index contributed by atoms with van der Waals surface area (Å²) in [5.41, 5.74) is 2.08. The third-order valence-electron chi connectivity index (χ3n) is 1.41. The SMILES string of the molecule is CN=C1[CH]C=CC=C1NC. The molecule has 0 aromatic heterocycles. The van der Waals surface area contributed by atoms with E-state index in [1.54, 1.807) is 7.05 Å². The molecule has 0 heterocycles. The van der Waals surface area contributed by atoms with E-state index in [4.69, 9.17) is 0 Å². The van der Waals surface area contributed by atoms with Crippen molar-refractivity contribution < 1.29 is 0 Å². The Bertz CT molecular complexity index is 199. The lowest BCUT2D eigenvalue weighted by molar-refractivity contribution is 1.05. The van der Waals surface area contributed by atoms with E-state index in [-0.39, 0.29) is 0 Å². The fourth-order valence-corrected chi connectivity index (χ4v) is 0.880. The molecule has 10 heavy (non-hydrogen) atoms. The van der Waals surface area contributed by atoms with Crippen LogP contribution in [-0.4, -0.2) is 19.8 Å². The fraction of sp³-hybridized carbons (Fsp3) is 0.250. The van der Waals surface area contributed by atoms with Crippen LogP contribution in [0.25, 0.3) is 0 Å². The highest BCUT2D eigenvalue weighted by Crippen LogP contribution is 2.04. The molecular formula is C8H11N2. The average molecular weight is 135 g/mol. The van der Waals surface area contributed by atoms with Crippen molar-refractivity contribution in [3.63, 3.8) is 0 Å². The van der Waals surface area contributed by atoms with Gasteiger partial charge in [0.25, 0.3) is 0 Å². The Hall–Kier alpha value is -1.05. The van der Waals surface area contributed by atoms with Gasteiger partial charge in [0.1, 0.15) is 0 Å². The predicted octanol–water partition coefficient (Wildman–Crippen LogP) is 0.935. The Morgan fingerprint density at radius 1 is 1.40 bits per heavy atom. The van der Waals surface area contributed by atoms with Gasteiger partial charge in [-0.1, -0.05) is 12.2 Å². The van der Waals surface area contributed by atoms with Gasteiger partial charge in [0.05, 0.1) is 11.4 Å². The van der Waals surface area contributed by atoms with E-state index < -0.39 is 0 Å². The molecule has 1 radical (unpaired) electrons. The van der Waals surface area contributed by atoms with E-state index in [9.17, 15) is 0 Å². The average Bonchev–Trinajstić information content (AvgIpc) is 2.04. The summed E-state index contributed by atoms with van der Waals surface area (Å²) in [5, 5.41) is 3.05. The number of allylic oxidation sites excluding steroid dienone is 4. The van der Waals surface area contributed by atoms with Gasteiger partial charge in [-0.15, -0.1) is 0 Å². The molecule has 1 N–H and O–H groups in total. The molecule has 1 aliphatic carbocycles. The standard InChI is InChI=1S/C8H11N2/c1-9-7-5-3-4-6-8(7)10-2/h3-6,9H,1-2H3. The maximum atomic E-state index is 4.08. The van der Waals surface area contributed by atoms with Crippen LogP contribution in [0.15, 0.2) is 28.9 Å². The molecule has 0 saturated carbocycles. The summed E-state index contributed by atoms with van der Waals surface area (Å²) in [5.74, 6) is 0. The van der Waals surface area contributed by atoms with Crippen LogP contribution in [-0.2, 0) is 0 Å². The highest BCUT2D eigenvalue weighted by atomic mass is 14.9. The Labute approximate surface area is 61.4 Å². The summed E-state index contributed by atoms with van der Waals surface area (Å²) in [7, 11) is 3.68. The molecule has 53 valence electrons. The number of rotatable bonds is 1. The van der Waals surface area contributed by atoms with Gasteiger partial charge in [-0.3, -0.25) is 4.99 Å². The molecule has 0 unspecified atom stereocenters. The van der Waals surface area contributed by atoms with Crippen molar-refractivity contribution in [1.82, 2.24) is 5.32 Å². The van der Waals surface area contributed by atoms with Crippen molar-refractivity contribution in [3.05, 3.63) is 30.3 Å². The molecule has 1 rings (SSSR count). The third kappa shape index (κ3) is 1.26. The zero-order valence-corrected chi connectivity index (χ0v) is 6.26. The van der Waals surface area contributed by atoms with Crippen LogP contribution in [0.4, 0.5) is 0 Å². The summed E-state index contributed by atoms with van der Waals surface area (Å²) in [6, 6.07) is 0. The lowest BCUT2D eigenvalue weighted by Gasteiger charge is -2.09. The van der Waals surface area contributed by atoms with Crippen molar-refractivity contribution >= 4 is 5.71 Å². The van der Waals surface area contributed by atoms with Crippen LogP contribution in [0.2, 0.25) is 0 Å². The molecule has 0 fully saturated rings. The number of hydrogen-bond acceptors (Lipinski definition) is 2. The van der Waals surface area contributed by atoms with Crippen molar-refractivity contribution in [3.8, 4) is 0 Å². The van der Waals surface area contributed by atoms with Crippen molar-refractivity contribution in [2.45, 2.75) is 0 Å². The molecule has 2 heteroatoms. The number of nitrogens with one attached hydrogen (secondary N) is 1. The highest BCUT2D eigenvalue weighted by Gasteiger charge is 2.04. The normalized spacial score (nSPS) is 21.0. The van der Waals surface area contributed by atoms with Crippen LogP contribution in [0.5, 0.6) is 0 Å². The second-order valence-corrected chi connectivity index (χ2v) is 1.99. The first-order valence-electron chi connectivity index (χ1n) is 3.25. The van der Waals surface area contributed by atoms with Gasteiger partial charge in [-0.05, 0) is 6.08 Å². The Morgan fingerprint density at radius 2 is 2.20 bits per heavy atom. The maximum Gasteiger partial charge on any atom is 0.0654 e. The van der Waals surface area contributed by atoms with Crippen LogP contribution in [0, 0.1) is 6.42 Å². The minimum absolute atomic E-state index is 1.00. The number of hydrogen-bond donors (Lipinski definition) is 1. The molecule has 0 saturated heterocycles. The van der Waals surface area contributed by atoms with Gasteiger partial charge in [0.15, 0.2) is 0 Å². The molecule has 1 aliphatic rings. The smallest absolute Gasteiger partial charge is 0.0654 e. The Balaban J connectivity index is 2.81. The highest BCUT2D eigenvalue weighted by molar-refractivity contribution is 6.08. The van der Waals surface area contributed by atoms with Crippen LogP contribution in [0.3, 0.4) is 0 Å². The molecule has 0 aromatic rings. The minimum atomic E-state index is 1.00. The largest absolute Gasteiger partial charge is 0.387 e. The van der Waals surface area contributed by atoms with Crippen molar-refractivity contribution in [2.75, 3.05) is 14.1 Å². The zero-order valence-electron chi connectivity index (χ0n) is 6.26. The topological polar surface area (TPSA) is 24.4 Å². The van der Waals surface area contributed by atoms with Gasteiger partial charge in [0.2, 0.25) is 0 Å². The van der Waals surface area contributed by atoms with Crippen LogP contribution in [0.1, 0.15) is 0 Å². The summed E-state index contributed by atoms with van der Waals surface area (Å²) < 4.78 is 0. The van der Waals surface area contributed by atoms with Crippen molar-refractivity contribution in [1.29, 1.82) is 0 Å². The van der Waals surface area contributed by atoms with E-state index in [0.717, 1.165) is 11.4 Å². The van der Waals surface area contributed by atoms with E-state index in [0.29, 0.717) is 0 Å². The lowest BCUT2D eigenvalue weighted by atomic mass is 10.1. The van der Waals surface area contributed by atoms with Crippen LogP contribution >= 0.6 is 0 Å². The van der Waals surface area contributed by atoms with E-state index >= 15 is 0 Å². The molecule has 0 aliphatic heterocycles. The third-order valence-corrected chi connectivity index (χ3v) is 1.41. The van der Waals surface area contributed by atoms with Gasteiger partial charge in [0, 0.05) is 20.5 Å². The fourth-order valence-electron chi connectivity index (χ4n) is 0.880. The number of aliphatic imine (C=N–C) groups is 1. The molecular weight excluding hydrogens is 124 g/mol. The summed E-state index contributed by atoms with van der Waals surface area (Å²) in [6.45, 7) is 0. The molecule has 0 spiro atoms. The lowest BCUT2D eigenvalue weighted by Crippen LogP contribution is -2.17. The Kier molecular flexibility index (Phi) is 2.26. The predicted molar refractivity (Wildman–Crippen MR) is 43.9 cm³/mol. The second-order valence-electron chi connectivity index (χ2n) is 1.99. The zero-order chi connectivity index (χ0) is 7.40. The first-order valence-corrected chi connectivity index (χ1v) is 3.25. The summed E-state index contributed by atoms with van der Waals surface area (Å²) in [6.07, 6.45) is 7.94. The van der Waals surface area contributed by atoms with E-state index in [1.165, 1.54) is 0 Å². The van der Waals surface area contributed by atoms with E-state index in [1.807, 2.05) is 31.7 Å². The van der Waals surface area contributed by atoms with Gasteiger partial charge >= 0.3 is 0 Å². The molecule has 0 aromatic carbocycles. The minimum Gasteiger partial charge on any atom is -0.387 e. The van der Waals surface area contributed by atoms with Gasteiger partial charge in [-0.2, -0.15) is 0 Å². The first kappa shape index (κ1) is 7.06. The summed E-state index contributed by atoms with van der Waals surface area (Å²) >= 11 is 0. The molecule has 0 bridgehead atoms. The molecule has 0 amide bonds. The van der Waals surface area contributed by atoms with Crippen molar-refractivity contribution in [2.24, 2.45) is 4.99 Å². The monoisotopic (exact) mass is 135 g/mol. The quantitative estimate of drug-likeness (QED) is 0.568. The molecule has 0 atom stereocenters. The van der Waals surface area contributed by atoms with Crippen LogP contribution < -0.4 is 5.32 Å². The Morgan fingerprint density at radius 3 is 2.70 bits per heavy atom. The second kappa shape index (κ2) is 3.20. The van der Waals surface area contributed by atoms with Gasteiger partial charge < -0.3 is 5.32 Å². The molecule has 2 nitrogen and oxygen atoms in total.